The van der Waals surface area contributed by atoms with Crippen molar-refractivity contribution in [2.45, 2.75) is 46.8 Å². The van der Waals surface area contributed by atoms with Gasteiger partial charge in [0.05, 0.1) is 6.10 Å². The van der Waals surface area contributed by atoms with Crippen molar-refractivity contribution in [3.63, 3.8) is 0 Å². The SMILES string of the molecule is CC.CCO[C@H](C)CN(C)c1ccc(C(C)N)cc1.[HH]. The molecule has 0 bridgehead atoms. The van der Waals surface area contributed by atoms with E-state index in [-0.39, 0.29) is 13.6 Å². The number of hydrogen-bond donors (Lipinski definition) is 1. The molecule has 0 aliphatic rings. The molecule has 0 saturated carbocycles. The summed E-state index contributed by atoms with van der Waals surface area (Å²) in [5.74, 6) is 0. The Morgan fingerprint density at radius 2 is 1.74 bits per heavy atom. The molecule has 0 fully saturated rings. The first-order valence-electron chi connectivity index (χ1n) is 7.22. The highest BCUT2D eigenvalue weighted by molar-refractivity contribution is 5.47. The Balaban J connectivity index is 0. The summed E-state index contributed by atoms with van der Waals surface area (Å²) in [4.78, 5) is 2.20. The molecular formula is C16H32N2O. The maximum absolute atomic E-state index is 5.83. The van der Waals surface area contributed by atoms with E-state index in [1.165, 1.54) is 11.3 Å². The first-order chi connectivity index (χ1) is 9.04. The van der Waals surface area contributed by atoms with Gasteiger partial charge in [-0.15, -0.1) is 0 Å². The minimum Gasteiger partial charge on any atom is -0.377 e. The molecule has 1 unspecified atom stereocenters. The summed E-state index contributed by atoms with van der Waals surface area (Å²) in [6, 6.07) is 8.48. The predicted octanol–water partition coefficient (Wildman–Crippen LogP) is 3.84. The molecule has 0 radical (unpaired) electrons. The fourth-order valence-corrected chi connectivity index (χ4v) is 1.86. The van der Waals surface area contributed by atoms with Crippen LogP contribution in [0.15, 0.2) is 24.3 Å². The van der Waals surface area contributed by atoms with Crippen LogP contribution in [0.4, 0.5) is 5.69 Å². The van der Waals surface area contributed by atoms with Gasteiger partial charge in [-0.3, -0.25) is 0 Å². The highest BCUT2D eigenvalue weighted by Crippen LogP contribution is 2.17. The number of nitrogens with two attached hydrogens (primary N) is 1. The summed E-state index contributed by atoms with van der Waals surface area (Å²) in [6.07, 6.45) is 0.248. The molecule has 19 heavy (non-hydrogen) atoms. The minimum atomic E-state index is 0. The van der Waals surface area contributed by atoms with E-state index in [0.717, 1.165) is 13.2 Å². The lowest BCUT2D eigenvalue weighted by atomic mass is 10.1. The van der Waals surface area contributed by atoms with Gasteiger partial charge in [-0.05, 0) is 38.5 Å². The van der Waals surface area contributed by atoms with Crippen molar-refractivity contribution in [3.8, 4) is 0 Å². The fraction of sp³-hybridized carbons (Fsp3) is 0.625. The molecule has 1 rings (SSSR count). The normalized spacial score (nSPS) is 13.2. The van der Waals surface area contributed by atoms with Gasteiger partial charge in [0.15, 0.2) is 0 Å². The van der Waals surface area contributed by atoms with E-state index in [2.05, 4.69) is 43.1 Å². The number of rotatable bonds is 6. The fourth-order valence-electron chi connectivity index (χ4n) is 1.86. The van der Waals surface area contributed by atoms with Gasteiger partial charge < -0.3 is 15.4 Å². The van der Waals surface area contributed by atoms with Crippen molar-refractivity contribution >= 4 is 5.69 Å². The molecule has 112 valence electrons. The summed E-state index contributed by atoms with van der Waals surface area (Å²) in [5.41, 5.74) is 8.19. The van der Waals surface area contributed by atoms with E-state index in [1.807, 2.05) is 27.7 Å². The van der Waals surface area contributed by atoms with Crippen LogP contribution in [0.25, 0.3) is 0 Å². The largest absolute Gasteiger partial charge is 0.377 e. The van der Waals surface area contributed by atoms with Crippen molar-refractivity contribution in [1.29, 1.82) is 0 Å². The second kappa shape index (κ2) is 9.82. The number of benzene rings is 1. The van der Waals surface area contributed by atoms with Crippen molar-refractivity contribution in [3.05, 3.63) is 29.8 Å². The topological polar surface area (TPSA) is 38.5 Å². The van der Waals surface area contributed by atoms with E-state index in [9.17, 15) is 0 Å². The van der Waals surface area contributed by atoms with Crippen molar-refractivity contribution in [1.82, 2.24) is 0 Å². The number of nitrogens with zero attached hydrogens (tertiary/aromatic N) is 1. The maximum Gasteiger partial charge on any atom is 0.0721 e. The van der Waals surface area contributed by atoms with Gasteiger partial charge in [-0.25, -0.2) is 0 Å². The molecule has 1 aromatic carbocycles. The molecule has 2 atom stereocenters. The van der Waals surface area contributed by atoms with Gasteiger partial charge in [-0.1, -0.05) is 26.0 Å². The van der Waals surface area contributed by atoms with Crippen LogP contribution in [-0.2, 0) is 4.74 Å². The van der Waals surface area contributed by atoms with Crippen LogP contribution in [-0.4, -0.2) is 26.3 Å². The van der Waals surface area contributed by atoms with Crippen LogP contribution in [0.5, 0.6) is 0 Å². The second-order valence-corrected chi connectivity index (χ2v) is 4.53. The molecular weight excluding hydrogens is 236 g/mol. The first kappa shape index (κ1) is 17.9. The molecule has 3 nitrogen and oxygen atoms in total. The average molecular weight is 268 g/mol. The molecule has 3 heteroatoms. The zero-order valence-electron chi connectivity index (χ0n) is 13.3. The summed E-state index contributed by atoms with van der Waals surface area (Å²) in [5, 5.41) is 0. The van der Waals surface area contributed by atoms with Crippen LogP contribution in [0.2, 0.25) is 0 Å². The van der Waals surface area contributed by atoms with E-state index in [4.69, 9.17) is 10.5 Å². The van der Waals surface area contributed by atoms with Crippen molar-refractivity contribution in [2.24, 2.45) is 5.73 Å². The van der Waals surface area contributed by atoms with E-state index < -0.39 is 0 Å². The Morgan fingerprint density at radius 1 is 1.21 bits per heavy atom. The van der Waals surface area contributed by atoms with Gasteiger partial charge in [0.2, 0.25) is 0 Å². The van der Waals surface area contributed by atoms with Crippen LogP contribution < -0.4 is 10.6 Å². The van der Waals surface area contributed by atoms with E-state index in [0.29, 0.717) is 0 Å². The van der Waals surface area contributed by atoms with Crippen LogP contribution in [0.3, 0.4) is 0 Å². The van der Waals surface area contributed by atoms with Gasteiger partial charge in [0, 0.05) is 33.4 Å². The third-order valence-corrected chi connectivity index (χ3v) is 2.84. The second-order valence-electron chi connectivity index (χ2n) is 4.53. The molecule has 0 amide bonds. The van der Waals surface area contributed by atoms with Crippen LogP contribution >= 0.6 is 0 Å². The van der Waals surface area contributed by atoms with Gasteiger partial charge in [0.25, 0.3) is 0 Å². The Morgan fingerprint density at radius 3 is 2.16 bits per heavy atom. The number of hydrogen-bond acceptors (Lipinski definition) is 3. The van der Waals surface area contributed by atoms with E-state index in [1.54, 1.807) is 0 Å². The molecule has 0 saturated heterocycles. The summed E-state index contributed by atoms with van der Waals surface area (Å²) in [7, 11) is 2.08. The lowest BCUT2D eigenvalue weighted by Gasteiger charge is -2.23. The molecule has 0 aromatic heterocycles. The van der Waals surface area contributed by atoms with E-state index >= 15 is 0 Å². The molecule has 0 aliphatic carbocycles. The molecule has 0 spiro atoms. The summed E-state index contributed by atoms with van der Waals surface area (Å²) in [6.45, 7) is 11.8. The quantitative estimate of drug-likeness (QED) is 0.852. The van der Waals surface area contributed by atoms with Gasteiger partial charge in [-0.2, -0.15) is 0 Å². The Labute approximate surface area is 120 Å². The highest BCUT2D eigenvalue weighted by Gasteiger charge is 2.07. The zero-order chi connectivity index (χ0) is 14.8. The first-order valence-corrected chi connectivity index (χ1v) is 7.22. The van der Waals surface area contributed by atoms with Crippen molar-refractivity contribution in [2.75, 3.05) is 25.1 Å². The molecule has 2 N–H and O–H groups in total. The third-order valence-electron chi connectivity index (χ3n) is 2.84. The highest BCUT2D eigenvalue weighted by atomic mass is 16.5. The van der Waals surface area contributed by atoms with Crippen molar-refractivity contribution < 1.29 is 6.16 Å². The molecule has 0 heterocycles. The third kappa shape index (κ3) is 6.60. The Bertz CT molecular complexity index is 328. The lowest BCUT2D eigenvalue weighted by molar-refractivity contribution is 0.0818. The number of ether oxygens (including phenoxy) is 1. The van der Waals surface area contributed by atoms with Crippen LogP contribution in [0.1, 0.15) is 47.7 Å². The number of likely N-dealkylation sites (N-methyl/N-ethyl adjacent to an activating group) is 1. The lowest BCUT2D eigenvalue weighted by Crippen LogP contribution is -2.29. The molecule has 0 aliphatic heterocycles. The number of anilines is 1. The summed E-state index contributed by atoms with van der Waals surface area (Å²) < 4.78 is 5.53. The molecule has 1 aromatic rings. The minimum absolute atomic E-state index is 0. The van der Waals surface area contributed by atoms with Gasteiger partial charge >= 0.3 is 0 Å². The average Bonchev–Trinajstić information content (AvgIpc) is 2.41. The Hall–Kier alpha value is -1.06. The smallest absolute Gasteiger partial charge is 0.0721 e. The monoisotopic (exact) mass is 268 g/mol. The van der Waals surface area contributed by atoms with Crippen LogP contribution in [0, 0.1) is 0 Å². The zero-order valence-corrected chi connectivity index (χ0v) is 13.3. The summed E-state index contributed by atoms with van der Waals surface area (Å²) >= 11 is 0. The van der Waals surface area contributed by atoms with Gasteiger partial charge in [0.1, 0.15) is 0 Å². The Kier molecular flexibility index (Phi) is 9.27. The predicted molar refractivity (Wildman–Crippen MR) is 86.9 cm³/mol. The standard InChI is InChI=1S/C14H24N2O.C2H6.H2/c1-5-17-11(2)10-16(4)14-8-6-13(7-9-14)12(3)15;1-2;/h6-9,11-12H,5,10,15H2,1-4H3;1-2H3;1H/t11-,12?;;/m1../s1. The maximum atomic E-state index is 5.83.